The summed E-state index contributed by atoms with van der Waals surface area (Å²) in [6.45, 7) is 4.49. The zero-order valence-corrected chi connectivity index (χ0v) is 12.9. The zero-order valence-electron chi connectivity index (χ0n) is 12.9. The maximum absolute atomic E-state index is 12.6. The van der Waals surface area contributed by atoms with E-state index >= 15 is 0 Å². The number of furan rings is 2. The number of amides is 1. The van der Waals surface area contributed by atoms with Gasteiger partial charge >= 0.3 is 0 Å². The Balaban J connectivity index is 1.71. The summed E-state index contributed by atoms with van der Waals surface area (Å²) in [7, 11) is 0. The topological polar surface area (TPSA) is 66.8 Å². The van der Waals surface area contributed by atoms with Crippen LogP contribution >= 0.6 is 0 Å². The number of rotatable bonds is 4. The van der Waals surface area contributed by atoms with Gasteiger partial charge in [-0.15, -0.1) is 0 Å². The number of nitrogens with zero attached hydrogens (tertiary/aromatic N) is 1. The number of hydrogen-bond acceptors (Lipinski definition) is 4. The van der Waals surface area contributed by atoms with Crippen LogP contribution in [0.4, 0.5) is 0 Å². The summed E-state index contributed by atoms with van der Waals surface area (Å²) in [6, 6.07) is 5.31. The monoisotopic (exact) mass is 303 g/mol. The van der Waals surface area contributed by atoms with Gasteiger partial charge in [-0.25, -0.2) is 0 Å². The van der Waals surface area contributed by atoms with Gasteiger partial charge in [0.25, 0.3) is 5.91 Å². The minimum Gasteiger partial charge on any atom is -0.467 e. The zero-order chi connectivity index (χ0) is 15.7. The molecule has 3 rings (SSSR count). The normalized spacial score (nSPS) is 19.6. The molecule has 1 fully saturated rings. The second-order valence-corrected chi connectivity index (χ2v) is 5.91. The summed E-state index contributed by atoms with van der Waals surface area (Å²) in [5.74, 6) is 1.61. The van der Waals surface area contributed by atoms with E-state index in [0.717, 1.165) is 24.2 Å². The lowest BCUT2D eigenvalue weighted by Gasteiger charge is -2.25. The minimum atomic E-state index is -0.687. The van der Waals surface area contributed by atoms with Crippen LogP contribution in [0.25, 0.3) is 0 Å². The highest BCUT2D eigenvalue weighted by Gasteiger charge is 2.33. The maximum Gasteiger partial charge on any atom is 0.289 e. The van der Waals surface area contributed by atoms with E-state index in [1.54, 1.807) is 24.5 Å². The summed E-state index contributed by atoms with van der Waals surface area (Å²) in [5.41, 5.74) is 0.981. The molecule has 1 aliphatic rings. The van der Waals surface area contributed by atoms with E-state index in [2.05, 4.69) is 0 Å². The van der Waals surface area contributed by atoms with Crippen LogP contribution in [0.15, 0.2) is 33.3 Å². The van der Waals surface area contributed by atoms with Crippen LogP contribution in [0.5, 0.6) is 0 Å². The van der Waals surface area contributed by atoms with Gasteiger partial charge in [0.1, 0.15) is 17.6 Å². The number of carbonyl (C=O) groups excluding carboxylic acids is 1. The van der Waals surface area contributed by atoms with E-state index in [9.17, 15) is 9.90 Å². The van der Waals surface area contributed by atoms with Crippen LogP contribution < -0.4 is 0 Å². The second kappa shape index (κ2) is 6.01. The molecule has 0 aliphatic carbocycles. The van der Waals surface area contributed by atoms with Crippen molar-refractivity contribution in [1.29, 1.82) is 0 Å². The van der Waals surface area contributed by atoms with Crippen molar-refractivity contribution >= 4 is 5.91 Å². The highest BCUT2D eigenvalue weighted by Crippen LogP contribution is 2.29. The number of hydrogen-bond donors (Lipinski definition) is 1. The van der Waals surface area contributed by atoms with Crippen molar-refractivity contribution in [3.05, 3.63) is 47.3 Å². The van der Waals surface area contributed by atoms with Crippen molar-refractivity contribution in [2.24, 2.45) is 0 Å². The lowest BCUT2D eigenvalue weighted by molar-refractivity contribution is 0.0611. The SMILES string of the molecule is Cc1cc(C(=O)N2CCCC2CC(O)c2ccco2)oc1C. The molecule has 5 nitrogen and oxygen atoms in total. The van der Waals surface area contributed by atoms with E-state index < -0.39 is 6.10 Å². The number of aliphatic hydroxyl groups excluding tert-OH is 1. The Bertz CT molecular complexity index is 624. The Morgan fingerprint density at radius 3 is 2.95 bits per heavy atom. The molecule has 118 valence electrons. The van der Waals surface area contributed by atoms with Gasteiger partial charge in [0.05, 0.1) is 6.26 Å². The van der Waals surface area contributed by atoms with Gasteiger partial charge in [-0.05, 0) is 50.5 Å². The Labute approximate surface area is 129 Å². The first kappa shape index (κ1) is 14.9. The summed E-state index contributed by atoms with van der Waals surface area (Å²) >= 11 is 0. The molecular weight excluding hydrogens is 282 g/mol. The van der Waals surface area contributed by atoms with Gasteiger partial charge in [0.15, 0.2) is 5.76 Å². The molecule has 2 aromatic heterocycles. The molecule has 1 aliphatic heterocycles. The van der Waals surface area contributed by atoms with E-state index in [1.165, 1.54) is 0 Å². The summed E-state index contributed by atoms with van der Waals surface area (Å²) < 4.78 is 10.8. The van der Waals surface area contributed by atoms with Crippen molar-refractivity contribution < 1.29 is 18.7 Å². The van der Waals surface area contributed by atoms with Crippen molar-refractivity contribution in [1.82, 2.24) is 4.90 Å². The van der Waals surface area contributed by atoms with E-state index in [4.69, 9.17) is 8.83 Å². The van der Waals surface area contributed by atoms with E-state index in [1.807, 2.05) is 18.7 Å². The van der Waals surface area contributed by atoms with Crippen LogP contribution in [-0.2, 0) is 0 Å². The highest BCUT2D eigenvalue weighted by atomic mass is 16.4. The Hall–Kier alpha value is -2.01. The number of carbonyl (C=O) groups is 1. The molecule has 1 N–H and O–H groups in total. The predicted molar refractivity (Wildman–Crippen MR) is 80.5 cm³/mol. The molecule has 0 radical (unpaired) electrons. The third-order valence-electron chi connectivity index (χ3n) is 4.38. The maximum atomic E-state index is 12.6. The molecular formula is C17H21NO4. The Morgan fingerprint density at radius 2 is 2.32 bits per heavy atom. The van der Waals surface area contributed by atoms with Gasteiger partial charge in [0, 0.05) is 19.0 Å². The van der Waals surface area contributed by atoms with Crippen LogP contribution in [0.1, 0.15) is 53.0 Å². The van der Waals surface area contributed by atoms with Crippen LogP contribution in [0.2, 0.25) is 0 Å². The lowest BCUT2D eigenvalue weighted by atomic mass is 10.0. The third kappa shape index (κ3) is 2.81. The minimum absolute atomic E-state index is 0.0123. The molecule has 2 atom stereocenters. The van der Waals surface area contributed by atoms with E-state index in [0.29, 0.717) is 24.5 Å². The number of likely N-dealkylation sites (tertiary alicyclic amines) is 1. The smallest absolute Gasteiger partial charge is 0.289 e. The van der Waals surface area contributed by atoms with Crippen molar-refractivity contribution in [2.45, 2.75) is 45.3 Å². The van der Waals surface area contributed by atoms with Crippen LogP contribution in [0, 0.1) is 13.8 Å². The second-order valence-electron chi connectivity index (χ2n) is 5.91. The highest BCUT2D eigenvalue weighted by molar-refractivity contribution is 5.92. The average molecular weight is 303 g/mol. The molecule has 3 heterocycles. The molecule has 1 amide bonds. The standard InChI is InChI=1S/C17H21NO4/c1-11-9-16(22-12(11)2)17(20)18-7-3-5-13(18)10-14(19)15-6-4-8-21-15/h4,6,8-9,13-14,19H,3,5,7,10H2,1-2H3. The molecule has 2 unspecified atom stereocenters. The van der Waals surface area contributed by atoms with Gasteiger partial charge in [-0.2, -0.15) is 0 Å². The summed E-state index contributed by atoms with van der Waals surface area (Å²) in [4.78, 5) is 14.4. The van der Waals surface area contributed by atoms with Gasteiger partial charge < -0.3 is 18.8 Å². The quantitative estimate of drug-likeness (QED) is 0.941. The van der Waals surface area contributed by atoms with Crippen molar-refractivity contribution in [3.8, 4) is 0 Å². The first-order chi connectivity index (χ1) is 10.6. The van der Waals surface area contributed by atoms with Gasteiger partial charge in [-0.3, -0.25) is 4.79 Å². The first-order valence-electron chi connectivity index (χ1n) is 7.65. The van der Waals surface area contributed by atoms with E-state index in [-0.39, 0.29) is 11.9 Å². The lowest BCUT2D eigenvalue weighted by Crippen LogP contribution is -2.36. The molecule has 0 saturated carbocycles. The largest absolute Gasteiger partial charge is 0.467 e. The number of aliphatic hydroxyl groups is 1. The fourth-order valence-corrected chi connectivity index (χ4v) is 3.02. The van der Waals surface area contributed by atoms with Crippen molar-refractivity contribution in [3.63, 3.8) is 0 Å². The van der Waals surface area contributed by atoms with Crippen LogP contribution in [0.3, 0.4) is 0 Å². The first-order valence-corrected chi connectivity index (χ1v) is 7.65. The van der Waals surface area contributed by atoms with Crippen LogP contribution in [-0.4, -0.2) is 28.5 Å². The molecule has 0 aromatic carbocycles. The fraction of sp³-hybridized carbons (Fsp3) is 0.471. The average Bonchev–Trinajstić information content (AvgIpc) is 3.21. The number of aryl methyl sites for hydroxylation is 2. The van der Waals surface area contributed by atoms with Gasteiger partial charge in [-0.1, -0.05) is 0 Å². The predicted octanol–water partition coefficient (Wildman–Crippen LogP) is 3.22. The molecule has 22 heavy (non-hydrogen) atoms. The summed E-state index contributed by atoms with van der Waals surface area (Å²) in [5, 5.41) is 10.2. The molecule has 0 spiro atoms. The third-order valence-corrected chi connectivity index (χ3v) is 4.38. The Kier molecular flexibility index (Phi) is 4.07. The molecule has 1 saturated heterocycles. The van der Waals surface area contributed by atoms with Crippen molar-refractivity contribution in [2.75, 3.05) is 6.54 Å². The fourth-order valence-electron chi connectivity index (χ4n) is 3.02. The Morgan fingerprint density at radius 1 is 1.50 bits per heavy atom. The molecule has 0 bridgehead atoms. The summed E-state index contributed by atoms with van der Waals surface area (Å²) in [6.07, 6.45) is 3.18. The molecule has 5 heteroatoms. The van der Waals surface area contributed by atoms with Gasteiger partial charge in [0.2, 0.25) is 0 Å². The molecule has 2 aromatic rings.